The van der Waals surface area contributed by atoms with Gasteiger partial charge in [-0.2, -0.15) is 0 Å². The topological polar surface area (TPSA) is 36.9 Å². The minimum Gasteiger partial charge on any atom is -0.454 e. The highest BCUT2D eigenvalue weighted by molar-refractivity contribution is 6.31. The van der Waals surface area contributed by atoms with Crippen LogP contribution in [-0.2, 0) is 0 Å². The molecule has 0 aromatic heterocycles. The molecule has 2 aliphatic heterocycles. The number of piperazine rings is 1. The summed E-state index contributed by atoms with van der Waals surface area (Å²) < 4.78 is 6.20. The summed E-state index contributed by atoms with van der Waals surface area (Å²) in [6.07, 6.45) is 2.30. The number of para-hydroxylation sites is 1. The number of hydrogen-bond donors (Lipinski definition) is 1. The molecule has 1 N–H and O–H groups in total. The fourth-order valence-corrected chi connectivity index (χ4v) is 4.26. The molecule has 148 valence electrons. The van der Waals surface area contributed by atoms with E-state index in [1.54, 1.807) is 0 Å². The highest BCUT2D eigenvalue weighted by Crippen LogP contribution is 2.40. The molecule has 2 aliphatic rings. The number of aliphatic imine (C=N–C) groups is 1. The molecule has 4 nitrogen and oxygen atoms in total. The molecule has 1 unspecified atom stereocenters. The van der Waals surface area contributed by atoms with Crippen LogP contribution in [0.5, 0.6) is 11.5 Å². The minimum absolute atomic E-state index is 0.265. The molecule has 2 aromatic carbocycles. The number of ether oxygens (including phenoxy) is 1. The average molecular weight is 398 g/mol. The molecule has 0 saturated carbocycles. The third-order valence-electron chi connectivity index (χ3n) is 6.43. The molecule has 2 heterocycles. The van der Waals surface area contributed by atoms with E-state index in [1.807, 2.05) is 36.4 Å². The molecule has 4 rings (SSSR count). The Morgan fingerprint density at radius 2 is 1.96 bits per heavy atom. The second kappa shape index (κ2) is 7.76. The van der Waals surface area contributed by atoms with Crippen LogP contribution in [-0.4, -0.2) is 36.4 Å². The molecule has 28 heavy (non-hydrogen) atoms. The number of benzene rings is 2. The molecule has 2 aromatic rings. The molecular formula is C23H28ClN3O. The SMILES string of the molecule is CCC(C)(CC)C1CN(C2=Nc3cc(Cl)ccc3Oc3ccccc32)CCN1. The van der Waals surface area contributed by atoms with Gasteiger partial charge in [-0.3, -0.25) is 0 Å². The average Bonchev–Trinajstić information content (AvgIpc) is 2.89. The number of hydrogen-bond acceptors (Lipinski definition) is 4. The van der Waals surface area contributed by atoms with Crippen molar-refractivity contribution in [3.05, 3.63) is 53.1 Å². The van der Waals surface area contributed by atoms with Gasteiger partial charge in [-0.15, -0.1) is 0 Å². The van der Waals surface area contributed by atoms with Gasteiger partial charge < -0.3 is 15.0 Å². The summed E-state index contributed by atoms with van der Waals surface area (Å²) in [6, 6.07) is 14.2. The highest BCUT2D eigenvalue weighted by Gasteiger charge is 2.36. The van der Waals surface area contributed by atoms with Gasteiger partial charge in [-0.25, -0.2) is 4.99 Å². The van der Waals surface area contributed by atoms with E-state index in [0.29, 0.717) is 11.1 Å². The fraction of sp³-hybridized carbons (Fsp3) is 0.435. The van der Waals surface area contributed by atoms with Crippen molar-refractivity contribution in [3.8, 4) is 11.5 Å². The molecule has 0 radical (unpaired) electrons. The van der Waals surface area contributed by atoms with Crippen LogP contribution in [0.4, 0.5) is 5.69 Å². The molecule has 0 aliphatic carbocycles. The van der Waals surface area contributed by atoms with Crippen LogP contribution in [0.15, 0.2) is 47.5 Å². The largest absolute Gasteiger partial charge is 0.454 e. The van der Waals surface area contributed by atoms with E-state index in [4.69, 9.17) is 21.3 Å². The zero-order chi connectivity index (χ0) is 19.7. The van der Waals surface area contributed by atoms with Crippen LogP contribution in [0.2, 0.25) is 5.02 Å². The van der Waals surface area contributed by atoms with E-state index in [0.717, 1.165) is 61.1 Å². The van der Waals surface area contributed by atoms with Crippen molar-refractivity contribution in [2.75, 3.05) is 19.6 Å². The van der Waals surface area contributed by atoms with Crippen LogP contribution >= 0.6 is 11.6 Å². The van der Waals surface area contributed by atoms with E-state index >= 15 is 0 Å². The van der Waals surface area contributed by atoms with Crippen molar-refractivity contribution < 1.29 is 4.74 Å². The second-order valence-electron chi connectivity index (χ2n) is 7.96. The van der Waals surface area contributed by atoms with Gasteiger partial charge >= 0.3 is 0 Å². The number of halogens is 1. The molecule has 1 fully saturated rings. The molecule has 0 amide bonds. The Labute approximate surface area is 172 Å². The Balaban J connectivity index is 1.76. The van der Waals surface area contributed by atoms with Gasteiger partial charge in [0.2, 0.25) is 0 Å². The summed E-state index contributed by atoms with van der Waals surface area (Å²) in [5.41, 5.74) is 2.08. The van der Waals surface area contributed by atoms with Gasteiger partial charge in [0.15, 0.2) is 5.75 Å². The first kappa shape index (κ1) is 19.3. The summed E-state index contributed by atoms with van der Waals surface area (Å²) in [5, 5.41) is 4.42. The standard InChI is InChI=1S/C23H28ClN3O/c1-4-23(3,5-2)21-15-27(13-12-25-21)22-17-8-6-7-9-19(17)28-20-11-10-16(24)14-18(20)26-22/h6-11,14,21,25H,4-5,12-13,15H2,1-3H3. The molecule has 1 atom stereocenters. The summed E-state index contributed by atoms with van der Waals surface area (Å²) >= 11 is 6.25. The third kappa shape index (κ3) is 3.51. The van der Waals surface area contributed by atoms with Crippen molar-refractivity contribution in [1.29, 1.82) is 0 Å². The fourth-order valence-electron chi connectivity index (χ4n) is 4.09. The normalized spacial score (nSPS) is 19.2. The predicted octanol–water partition coefficient (Wildman–Crippen LogP) is 5.62. The molecule has 1 saturated heterocycles. The van der Waals surface area contributed by atoms with Crippen LogP contribution in [0.3, 0.4) is 0 Å². The predicted molar refractivity (Wildman–Crippen MR) is 116 cm³/mol. The van der Waals surface area contributed by atoms with E-state index < -0.39 is 0 Å². The van der Waals surface area contributed by atoms with Gasteiger partial charge in [0.1, 0.15) is 17.3 Å². The van der Waals surface area contributed by atoms with Gasteiger partial charge in [0.05, 0.1) is 5.56 Å². The van der Waals surface area contributed by atoms with E-state index in [1.165, 1.54) is 0 Å². The first-order valence-electron chi connectivity index (χ1n) is 10.2. The van der Waals surface area contributed by atoms with Crippen molar-refractivity contribution in [1.82, 2.24) is 10.2 Å². The lowest BCUT2D eigenvalue weighted by Crippen LogP contribution is -2.58. The summed E-state index contributed by atoms with van der Waals surface area (Å²) in [6.45, 7) is 9.76. The number of nitrogens with zero attached hydrogens (tertiary/aromatic N) is 2. The minimum atomic E-state index is 0.265. The van der Waals surface area contributed by atoms with E-state index in [2.05, 4.69) is 37.1 Å². The first-order valence-corrected chi connectivity index (χ1v) is 10.6. The Kier molecular flexibility index (Phi) is 5.35. The van der Waals surface area contributed by atoms with Crippen molar-refractivity contribution in [2.45, 2.75) is 39.7 Å². The van der Waals surface area contributed by atoms with Gasteiger partial charge in [0.25, 0.3) is 0 Å². The van der Waals surface area contributed by atoms with Crippen LogP contribution in [0.1, 0.15) is 39.2 Å². The lowest BCUT2D eigenvalue weighted by molar-refractivity contribution is 0.140. The Morgan fingerprint density at radius 1 is 1.18 bits per heavy atom. The Bertz CT molecular complexity index is 891. The van der Waals surface area contributed by atoms with Crippen molar-refractivity contribution >= 4 is 23.1 Å². The summed E-state index contributed by atoms with van der Waals surface area (Å²) in [7, 11) is 0. The monoisotopic (exact) mass is 397 g/mol. The highest BCUT2D eigenvalue weighted by atomic mass is 35.5. The Hall–Kier alpha value is -2.04. The number of amidine groups is 1. The summed E-state index contributed by atoms with van der Waals surface area (Å²) in [5.74, 6) is 2.55. The number of rotatable bonds is 3. The third-order valence-corrected chi connectivity index (χ3v) is 6.66. The van der Waals surface area contributed by atoms with Gasteiger partial charge in [-0.1, -0.05) is 44.5 Å². The molecule has 0 bridgehead atoms. The maximum Gasteiger partial charge on any atom is 0.153 e. The second-order valence-corrected chi connectivity index (χ2v) is 8.40. The van der Waals surface area contributed by atoms with Gasteiger partial charge in [-0.05, 0) is 48.6 Å². The quantitative estimate of drug-likeness (QED) is 0.729. The maximum absolute atomic E-state index is 6.25. The lowest BCUT2D eigenvalue weighted by atomic mass is 9.76. The molecule has 0 spiro atoms. The first-order chi connectivity index (χ1) is 13.5. The smallest absolute Gasteiger partial charge is 0.153 e. The lowest BCUT2D eigenvalue weighted by Gasteiger charge is -2.44. The van der Waals surface area contributed by atoms with Crippen molar-refractivity contribution in [3.63, 3.8) is 0 Å². The maximum atomic E-state index is 6.25. The van der Waals surface area contributed by atoms with E-state index in [-0.39, 0.29) is 5.41 Å². The van der Waals surface area contributed by atoms with E-state index in [9.17, 15) is 0 Å². The van der Waals surface area contributed by atoms with Gasteiger partial charge in [0, 0.05) is 30.7 Å². The van der Waals surface area contributed by atoms with Crippen LogP contribution in [0.25, 0.3) is 0 Å². The Morgan fingerprint density at radius 3 is 2.75 bits per heavy atom. The van der Waals surface area contributed by atoms with Crippen molar-refractivity contribution in [2.24, 2.45) is 10.4 Å². The molecular weight excluding hydrogens is 370 g/mol. The zero-order valence-electron chi connectivity index (χ0n) is 16.8. The zero-order valence-corrected chi connectivity index (χ0v) is 17.6. The number of nitrogens with one attached hydrogen (secondary N) is 1. The molecule has 5 heteroatoms. The van der Waals surface area contributed by atoms with Crippen LogP contribution in [0, 0.1) is 5.41 Å². The summed E-state index contributed by atoms with van der Waals surface area (Å²) in [4.78, 5) is 7.44. The number of fused-ring (bicyclic) bond motifs is 2. The van der Waals surface area contributed by atoms with Crippen LogP contribution < -0.4 is 10.1 Å².